The molecule has 1 fully saturated rings. The number of benzene rings is 1. The highest BCUT2D eigenvalue weighted by molar-refractivity contribution is 5.82. The van der Waals surface area contributed by atoms with E-state index in [-0.39, 0.29) is 24.3 Å². The molecule has 0 bridgehead atoms. The first-order valence-corrected chi connectivity index (χ1v) is 10.1. The summed E-state index contributed by atoms with van der Waals surface area (Å²) in [5.74, 6) is 1.04. The SMILES string of the molecule is CC(C)[C@@](C)(C#N)NC(=O)C[NH+]1CCN(C(=O)[C@@H]2COc3ccccc3O2)CC1. The molecule has 2 atom stereocenters. The van der Waals surface area contributed by atoms with Crippen molar-refractivity contribution in [1.29, 1.82) is 5.26 Å². The van der Waals surface area contributed by atoms with Crippen molar-refractivity contribution < 1.29 is 24.0 Å². The van der Waals surface area contributed by atoms with Gasteiger partial charge in [0.05, 0.1) is 32.2 Å². The minimum Gasteiger partial charge on any atom is -0.485 e. The fourth-order valence-electron chi connectivity index (χ4n) is 3.43. The summed E-state index contributed by atoms with van der Waals surface area (Å²) in [6.07, 6.45) is -0.642. The smallest absolute Gasteiger partial charge is 0.276 e. The summed E-state index contributed by atoms with van der Waals surface area (Å²) >= 11 is 0. The number of piperazine rings is 1. The van der Waals surface area contributed by atoms with E-state index in [1.165, 1.54) is 0 Å². The van der Waals surface area contributed by atoms with Gasteiger partial charge in [-0.1, -0.05) is 26.0 Å². The number of fused-ring (bicyclic) bond motifs is 1. The summed E-state index contributed by atoms with van der Waals surface area (Å²) in [5.41, 5.74) is -0.872. The zero-order valence-corrected chi connectivity index (χ0v) is 17.2. The van der Waals surface area contributed by atoms with Gasteiger partial charge < -0.3 is 24.6 Å². The fourth-order valence-corrected chi connectivity index (χ4v) is 3.43. The molecule has 1 saturated heterocycles. The number of amides is 2. The van der Waals surface area contributed by atoms with Crippen molar-refractivity contribution in [2.24, 2.45) is 5.92 Å². The topological polar surface area (TPSA) is 96.1 Å². The number of nitrogens with zero attached hydrogens (tertiary/aromatic N) is 2. The van der Waals surface area contributed by atoms with Gasteiger partial charge in [0.1, 0.15) is 12.1 Å². The maximum atomic E-state index is 12.8. The van der Waals surface area contributed by atoms with Gasteiger partial charge >= 0.3 is 0 Å². The number of hydrogen-bond acceptors (Lipinski definition) is 5. The molecule has 1 aromatic rings. The van der Waals surface area contributed by atoms with Crippen LogP contribution in [0.5, 0.6) is 11.5 Å². The van der Waals surface area contributed by atoms with Crippen molar-refractivity contribution in [2.45, 2.75) is 32.4 Å². The summed E-state index contributed by atoms with van der Waals surface area (Å²) < 4.78 is 11.5. The second-order valence-electron chi connectivity index (χ2n) is 8.13. The standard InChI is InChI=1S/C21H28N4O4/c1-15(2)21(3,14-22)23-19(26)12-24-8-10-25(11-9-24)20(27)18-13-28-16-6-4-5-7-17(16)29-18/h4-7,15,18H,8-13H2,1-3H3,(H,23,26)/p+1/t18-,21+/m0/s1. The van der Waals surface area contributed by atoms with Gasteiger partial charge in [0.2, 0.25) is 6.10 Å². The third kappa shape index (κ3) is 4.80. The third-order valence-corrected chi connectivity index (χ3v) is 5.76. The molecule has 0 saturated carbocycles. The molecular formula is C21H29N4O4+. The Morgan fingerprint density at radius 2 is 1.97 bits per heavy atom. The first-order valence-electron chi connectivity index (χ1n) is 10.1. The molecular weight excluding hydrogens is 372 g/mol. The Balaban J connectivity index is 1.48. The molecule has 0 aliphatic carbocycles. The molecule has 29 heavy (non-hydrogen) atoms. The highest BCUT2D eigenvalue weighted by Gasteiger charge is 2.35. The van der Waals surface area contributed by atoms with Crippen molar-refractivity contribution in [3.05, 3.63) is 24.3 Å². The minimum atomic E-state index is -0.872. The number of nitrogens with one attached hydrogen (secondary N) is 2. The molecule has 2 heterocycles. The number of carbonyl (C=O) groups excluding carboxylic acids is 2. The van der Waals surface area contributed by atoms with Crippen molar-refractivity contribution in [3.63, 3.8) is 0 Å². The first kappa shape index (κ1) is 20.9. The molecule has 8 nitrogen and oxygen atoms in total. The van der Waals surface area contributed by atoms with E-state index in [1.54, 1.807) is 17.9 Å². The number of para-hydroxylation sites is 2. The quantitative estimate of drug-likeness (QED) is 0.701. The lowest BCUT2D eigenvalue weighted by Gasteiger charge is -2.35. The zero-order valence-electron chi connectivity index (χ0n) is 17.2. The minimum absolute atomic E-state index is 0.0174. The van der Waals surface area contributed by atoms with Crippen molar-refractivity contribution in [3.8, 4) is 17.6 Å². The van der Waals surface area contributed by atoms with Crippen LogP contribution < -0.4 is 19.7 Å². The van der Waals surface area contributed by atoms with Crippen LogP contribution in [0.25, 0.3) is 0 Å². The summed E-state index contributed by atoms with van der Waals surface area (Å²) in [7, 11) is 0. The van der Waals surface area contributed by atoms with Crippen molar-refractivity contribution in [2.75, 3.05) is 39.3 Å². The third-order valence-electron chi connectivity index (χ3n) is 5.76. The Morgan fingerprint density at radius 3 is 2.59 bits per heavy atom. The number of hydrogen-bond donors (Lipinski definition) is 2. The van der Waals surface area contributed by atoms with Crippen LogP contribution >= 0.6 is 0 Å². The van der Waals surface area contributed by atoms with Gasteiger partial charge in [-0.3, -0.25) is 9.59 Å². The van der Waals surface area contributed by atoms with E-state index in [2.05, 4.69) is 11.4 Å². The lowest BCUT2D eigenvalue weighted by molar-refractivity contribution is -0.896. The number of ether oxygens (including phenoxy) is 2. The van der Waals surface area contributed by atoms with Gasteiger partial charge in [-0.25, -0.2) is 0 Å². The van der Waals surface area contributed by atoms with E-state index >= 15 is 0 Å². The summed E-state index contributed by atoms with van der Waals surface area (Å²) in [6.45, 7) is 8.53. The average Bonchev–Trinajstić information content (AvgIpc) is 2.73. The molecule has 2 amide bonds. The lowest BCUT2D eigenvalue weighted by Crippen LogP contribution is -3.16. The Kier molecular flexibility index (Phi) is 6.28. The Bertz CT molecular complexity index is 798. The summed E-state index contributed by atoms with van der Waals surface area (Å²) in [4.78, 5) is 28.0. The molecule has 3 rings (SSSR count). The zero-order chi connectivity index (χ0) is 21.0. The second-order valence-corrected chi connectivity index (χ2v) is 8.13. The van der Waals surface area contributed by atoms with E-state index in [0.717, 1.165) is 4.90 Å². The first-order chi connectivity index (χ1) is 13.8. The van der Waals surface area contributed by atoms with Crippen LogP contribution in [0.15, 0.2) is 24.3 Å². The molecule has 1 aromatic carbocycles. The van der Waals surface area contributed by atoms with E-state index in [1.807, 2.05) is 32.0 Å². The molecule has 0 spiro atoms. The summed E-state index contributed by atoms with van der Waals surface area (Å²) in [5, 5.41) is 12.2. The highest BCUT2D eigenvalue weighted by atomic mass is 16.6. The van der Waals surface area contributed by atoms with Crippen LogP contribution in [0.2, 0.25) is 0 Å². The Morgan fingerprint density at radius 1 is 1.31 bits per heavy atom. The molecule has 2 aliphatic heterocycles. The van der Waals surface area contributed by atoms with Crippen LogP contribution in [0.1, 0.15) is 20.8 Å². The molecule has 2 aliphatic rings. The molecule has 2 N–H and O–H groups in total. The number of quaternary nitrogens is 1. The maximum Gasteiger partial charge on any atom is 0.276 e. The van der Waals surface area contributed by atoms with Gasteiger partial charge in [-0.05, 0) is 25.0 Å². The summed E-state index contributed by atoms with van der Waals surface area (Å²) in [6, 6.07) is 9.51. The fraction of sp³-hybridized carbons (Fsp3) is 0.571. The van der Waals surface area contributed by atoms with Crippen LogP contribution in [0.3, 0.4) is 0 Å². The predicted molar refractivity (Wildman–Crippen MR) is 105 cm³/mol. The molecule has 0 unspecified atom stereocenters. The molecule has 156 valence electrons. The van der Waals surface area contributed by atoms with Crippen molar-refractivity contribution >= 4 is 11.8 Å². The molecule has 0 radical (unpaired) electrons. The largest absolute Gasteiger partial charge is 0.485 e. The Labute approximate surface area is 171 Å². The Hall–Kier alpha value is -2.79. The van der Waals surface area contributed by atoms with E-state index < -0.39 is 11.6 Å². The highest BCUT2D eigenvalue weighted by Crippen LogP contribution is 2.31. The van der Waals surface area contributed by atoms with Gasteiger partial charge in [-0.15, -0.1) is 0 Å². The van der Waals surface area contributed by atoms with Gasteiger partial charge in [-0.2, -0.15) is 5.26 Å². The molecule has 8 heteroatoms. The number of nitriles is 1. The van der Waals surface area contributed by atoms with Crippen LogP contribution in [0.4, 0.5) is 0 Å². The number of carbonyl (C=O) groups is 2. The average molecular weight is 401 g/mol. The normalized spacial score (nSPS) is 21.2. The second kappa shape index (κ2) is 8.70. The van der Waals surface area contributed by atoms with E-state index in [0.29, 0.717) is 44.2 Å². The van der Waals surface area contributed by atoms with E-state index in [9.17, 15) is 14.9 Å². The van der Waals surface area contributed by atoms with Gasteiger partial charge in [0.15, 0.2) is 18.0 Å². The predicted octanol–water partition coefficient (Wildman–Crippen LogP) is -0.392. The lowest BCUT2D eigenvalue weighted by atomic mass is 9.90. The van der Waals surface area contributed by atoms with Crippen LogP contribution in [-0.4, -0.2) is 67.7 Å². The van der Waals surface area contributed by atoms with Gasteiger partial charge in [0.25, 0.3) is 11.8 Å². The van der Waals surface area contributed by atoms with Crippen molar-refractivity contribution in [1.82, 2.24) is 10.2 Å². The van der Waals surface area contributed by atoms with Crippen LogP contribution in [-0.2, 0) is 9.59 Å². The van der Waals surface area contributed by atoms with Gasteiger partial charge in [0, 0.05) is 0 Å². The number of rotatable bonds is 5. The van der Waals surface area contributed by atoms with E-state index in [4.69, 9.17) is 9.47 Å². The molecule has 0 aromatic heterocycles. The maximum absolute atomic E-state index is 12.8. The van der Waals surface area contributed by atoms with Crippen LogP contribution in [0, 0.1) is 17.2 Å². The monoisotopic (exact) mass is 401 g/mol.